The number of hydrogen-bond donors (Lipinski definition) is 2. The maximum absolute atomic E-state index is 13.2. The summed E-state index contributed by atoms with van der Waals surface area (Å²) < 4.78 is 62.4. The van der Waals surface area contributed by atoms with Gasteiger partial charge in [0, 0.05) is 43.5 Å². The molecule has 0 aliphatic carbocycles. The first-order chi connectivity index (χ1) is 23.1. The van der Waals surface area contributed by atoms with E-state index in [2.05, 4.69) is 20.8 Å². The van der Waals surface area contributed by atoms with Gasteiger partial charge in [0.15, 0.2) is 0 Å². The van der Waals surface area contributed by atoms with Crippen LogP contribution in [-0.4, -0.2) is 16.8 Å². The van der Waals surface area contributed by atoms with E-state index in [0.717, 1.165) is 10.8 Å². The molecule has 240 valence electrons. The van der Waals surface area contributed by atoms with E-state index in [4.69, 9.17) is 20.0 Å². The average Bonchev–Trinajstić information content (AvgIpc) is 3.10. The number of anilines is 2. The smallest absolute Gasteiger partial charge is 0.360 e. The molecule has 0 heterocycles. The number of nitrogens with two attached hydrogens (primary N) is 2. The van der Waals surface area contributed by atoms with Crippen molar-refractivity contribution in [2.24, 2.45) is 20.8 Å². The number of nitrogens with zero attached hydrogens (tertiary/aromatic N) is 4. The minimum absolute atomic E-state index is 0.202. The molecule has 0 aliphatic rings. The minimum Gasteiger partial charge on any atom is -0.398 e. The fourth-order valence-electron chi connectivity index (χ4n) is 4.95. The molecule has 12 nitrogen and oxygen atoms in total. The van der Waals surface area contributed by atoms with E-state index in [-0.39, 0.29) is 20.9 Å². The Bertz CT molecular complexity index is 2310. The van der Waals surface area contributed by atoms with Gasteiger partial charge in [-0.2, -0.15) is 16.8 Å². The van der Waals surface area contributed by atoms with Gasteiger partial charge < -0.3 is 11.5 Å². The Morgan fingerprint density at radius 1 is 0.458 bits per heavy atom. The first-order valence-corrected chi connectivity index (χ1v) is 17.1. The molecule has 14 heteroatoms. The molecule has 0 radical (unpaired) electrons. The summed E-state index contributed by atoms with van der Waals surface area (Å²) >= 11 is 0. The van der Waals surface area contributed by atoms with Gasteiger partial charge in [-0.1, -0.05) is 97.1 Å². The highest BCUT2D eigenvalue weighted by Gasteiger charge is 2.21. The Labute approximate surface area is 275 Å². The zero-order chi connectivity index (χ0) is 33.7. The predicted octanol–water partition coefficient (Wildman–Crippen LogP) is 8.14. The second kappa shape index (κ2) is 13.3. The monoisotopic (exact) mass is 678 g/mol. The Morgan fingerprint density at radius 2 is 0.812 bits per heavy atom. The van der Waals surface area contributed by atoms with Gasteiger partial charge in [0.2, 0.25) is 0 Å². The van der Waals surface area contributed by atoms with E-state index in [1.807, 2.05) is 24.3 Å². The van der Waals surface area contributed by atoms with Crippen molar-refractivity contribution in [3.63, 3.8) is 0 Å². The third-order valence-corrected chi connectivity index (χ3v) is 9.60. The highest BCUT2D eigenvalue weighted by atomic mass is 32.2. The molecular weight excluding hydrogens is 653 g/mol. The van der Waals surface area contributed by atoms with Gasteiger partial charge in [0.25, 0.3) is 0 Å². The molecule has 0 bridgehead atoms. The van der Waals surface area contributed by atoms with Crippen molar-refractivity contribution < 1.29 is 25.4 Å². The second-order valence-electron chi connectivity index (χ2n) is 10.3. The van der Waals surface area contributed by atoms with Crippen LogP contribution < -0.4 is 11.5 Å². The molecule has 6 aromatic carbocycles. The quantitative estimate of drug-likeness (QED) is 0.0628. The summed E-state index contributed by atoms with van der Waals surface area (Å²) in [7, 11) is -8.87. The van der Waals surface area contributed by atoms with Gasteiger partial charge in [0.05, 0.1) is 11.4 Å². The van der Waals surface area contributed by atoms with Crippen molar-refractivity contribution in [1.29, 1.82) is 0 Å². The largest absolute Gasteiger partial charge is 0.398 e. The van der Waals surface area contributed by atoms with Crippen LogP contribution in [0.5, 0.6) is 0 Å². The topological polar surface area (TPSA) is 188 Å². The summed E-state index contributed by atoms with van der Waals surface area (Å²) in [6.45, 7) is 0. The van der Waals surface area contributed by atoms with Crippen molar-refractivity contribution in [1.82, 2.24) is 0 Å². The zero-order valence-electron chi connectivity index (χ0n) is 24.9. The van der Waals surface area contributed by atoms with E-state index in [1.165, 1.54) is 48.6 Å². The van der Waals surface area contributed by atoms with Crippen LogP contribution in [0.15, 0.2) is 152 Å². The predicted molar refractivity (Wildman–Crippen MR) is 184 cm³/mol. The molecule has 0 spiro atoms. The molecule has 6 rings (SSSR count). The number of hydrogen-bond acceptors (Lipinski definition) is 12. The van der Waals surface area contributed by atoms with Gasteiger partial charge in [-0.3, -0.25) is 0 Å². The van der Waals surface area contributed by atoms with Crippen LogP contribution in [0.2, 0.25) is 0 Å². The first-order valence-electron chi connectivity index (χ1n) is 14.2. The van der Waals surface area contributed by atoms with E-state index in [9.17, 15) is 16.8 Å². The maximum atomic E-state index is 13.2. The SMILES string of the molecule is Nc1ccc(N=NOS(=O)(=O)c2ccccc2C=Cc2ccccc2S(=O)(=O)ON=Nc2ccc(N)c3ccccc23)c2ccccc12. The maximum Gasteiger partial charge on any atom is 0.360 e. The number of fused-ring (bicyclic) bond motifs is 2. The van der Waals surface area contributed by atoms with Crippen molar-refractivity contribution in [2.45, 2.75) is 9.79 Å². The van der Waals surface area contributed by atoms with Crippen molar-refractivity contribution in [3.8, 4) is 0 Å². The van der Waals surface area contributed by atoms with Crippen LogP contribution in [0.25, 0.3) is 33.7 Å². The number of benzene rings is 6. The van der Waals surface area contributed by atoms with Gasteiger partial charge in [-0.15, -0.1) is 10.2 Å². The molecule has 48 heavy (non-hydrogen) atoms. The third kappa shape index (κ3) is 6.70. The molecule has 4 N–H and O–H groups in total. The van der Waals surface area contributed by atoms with Gasteiger partial charge in [-0.25, -0.2) is 8.57 Å². The van der Waals surface area contributed by atoms with E-state index < -0.39 is 20.2 Å². The molecule has 0 atom stereocenters. The Balaban J connectivity index is 1.22. The molecule has 0 aromatic heterocycles. The lowest BCUT2D eigenvalue weighted by molar-refractivity contribution is 0.313. The lowest BCUT2D eigenvalue weighted by atomic mass is 10.1. The number of nitrogen functional groups attached to an aromatic ring is 2. The summed E-state index contributed by atoms with van der Waals surface area (Å²) in [4.78, 5) is -0.438. The third-order valence-electron chi connectivity index (χ3n) is 7.25. The highest BCUT2D eigenvalue weighted by Crippen LogP contribution is 2.32. The summed E-state index contributed by atoms with van der Waals surface area (Å²) in [5.41, 5.74) is 14.3. The van der Waals surface area contributed by atoms with Gasteiger partial charge in [0.1, 0.15) is 9.79 Å². The molecule has 0 aliphatic heterocycles. The van der Waals surface area contributed by atoms with Gasteiger partial charge >= 0.3 is 20.2 Å². The van der Waals surface area contributed by atoms with Crippen LogP contribution in [0.1, 0.15) is 11.1 Å². The fraction of sp³-hybridized carbons (Fsp3) is 0. The van der Waals surface area contributed by atoms with Crippen LogP contribution in [0.3, 0.4) is 0 Å². The van der Waals surface area contributed by atoms with Crippen LogP contribution in [-0.2, 0) is 28.8 Å². The molecule has 0 saturated carbocycles. The first kappa shape index (κ1) is 31.8. The highest BCUT2D eigenvalue weighted by molar-refractivity contribution is 7.87. The standard InChI is InChI=1S/C34H26N6O6S2/c35-29-19-21-31(27-13-5-3-11-25(27)29)37-39-45-47(41,42)33-15-7-1-9-23(33)17-18-24-10-2-8-16-34(24)48(43,44)46-40-38-32-22-20-30(36)26-12-4-6-14-28(26)32/h1-22H,35-36H2. The molecule has 0 unspecified atom stereocenters. The lowest BCUT2D eigenvalue weighted by Gasteiger charge is -2.07. The Hall–Kier alpha value is -6.12. The van der Waals surface area contributed by atoms with Crippen LogP contribution in [0.4, 0.5) is 22.7 Å². The molecule has 0 amide bonds. The van der Waals surface area contributed by atoms with E-state index >= 15 is 0 Å². The van der Waals surface area contributed by atoms with Crippen LogP contribution >= 0.6 is 0 Å². The molecule has 0 saturated heterocycles. The molecule has 6 aromatic rings. The summed E-state index contributed by atoms with van der Waals surface area (Å²) in [5.74, 6) is 0. The summed E-state index contributed by atoms with van der Waals surface area (Å²) in [5, 5.41) is 17.7. The van der Waals surface area contributed by atoms with E-state index in [1.54, 1.807) is 60.7 Å². The molecule has 0 fully saturated rings. The van der Waals surface area contributed by atoms with E-state index in [0.29, 0.717) is 33.5 Å². The summed E-state index contributed by atoms with van der Waals surface area (Å²) in [6.07, 6.45) is 2.86. The Morgan fingerprint density at radius 3 is 1.23 bits per heavy atom. The van der Waals surface area contributed by atoms with Crippen molar-refractivity contribution in [2.75, 3.05) is 11.5 Å². The minimum atomic E-state index is -4.44. The Kier molecular flexibility index (Phi) is 8.83. The normalized spacial score (nSPS) is 12.4. The molecular formula is C34H26N6O6S2. The van der Waals surface area contributed by atoms with Crippen LogP contribution in [0, 0.1) is 0 Å². The lowest BCUT2D eigenvalue weighted by Crippen LogP contribution is -2.05. The second-order valence-corrected chi connectivity index (χ2v) is 13.3. The average molecular weight is 679 g/mol. The number of rotatable bonds is 10. The van der Waals surface area contributed by atoms with Gasteiger partial charge in [-0.05, 0) is 47.5 Å². The zero-order valence-corrected chi connectivity index (χ0v) is 26.5. The van der Waals surface area contributed by atoms with Crippen molar-refractivity contribution >= 4 is 76.7 Å². The summed E-state index contributed by atoms with van der Waals surface area (Å²) in [6, 6.07) is 32.9. The fourth-order valence-corrected chi connectivity index (χ4v) is 6.69. The van der Waals surface area contributed by atoms with Crippen molar-refractivity contribution in [3.05, 3.63) is 132 Å².